The maximum atomic E-state index is 13.3. The van der Waals surface area contributed by atoms with Gasteiger partial charge in [-0.3, -0.25) is 4.79 Å². The van der Waals surface area contributed by atoms with E-state index in [0.29, 0.717) is 16.8 Å². The molecule has 20 heavy (non-hydrogen) atoms. The number of aromatic nitrogens is 1. The monoisotopic (exact) mass is 338 g/mol. The molecule has 0 aliphatic rings. The Kier molecular flexibility index (Phi) is 4.34. The molecule has 1 aromatic heterocycles. The highest BCUT2D eigenvalue weighted by molar-refractivity contribution is 9.10. The summed E-state index contributed by atoms with van der Waals surface area (Å²) in [5.41, 5.74) is 1.46. The topological polar surface area (TPSA) is 51.2 Å². The zero-order valence-corrected chi connectivity index (χ0v) is 12.5. The second-order valence-electron chi connectivity index (χ2n) is 4.10. The van der Waals surface area contributed by atoms with Crippen LogP contribution in [0.1, 0.15) is 15.9 Å². The molecule has 4 nitrogen and oxygen atoms in total. The lowest BCUT2D eigenvalue weighted by atomic mass is 10.2. The zero-order valence-electron chi connectivity index (χ0n) is 10.9. The number of carbonyl (C=O) groups is 1. The number of nitrogens with one attached hydrogen (secondary N) is 1. The lowest BCUT2D eigenvalue weighted by molar-refractivity contribution is 0.102. The molecule has 0 fully saturated rings. The van der Waals surface area contributed by atoms with Crippen LogP contribution in [0, 0.1) is 12.7 Å². The summed E-state index contributed by atoms with van der Waals surface area (Å²) in [5.74, 6) is -0.500. The zero-order chi connectivity index (χ0) is 14.7. The normalized spacial score (nSPS) is 10.2. The molecule has 0 radical (unpaired) electrons. The Morgan fingerprint density at radius 3 is 2.90 bits per heavy atom. The summed E-state index contributed by atoms with van der Waals surface area (Å²) in [6.45, 7) is 1.71. The first-order valence-electron chi connectivity index (χ1n) is 5.79. The molecule has 0 atom stereocenters. The first-order chi connectivity index (χ1) is 9.52. The van der Waals surface area contributed by atoms with E-state index in [1.165, 1.54) is 25.4 Å². The van der Waals surface area contributed by atoms with Crippen LogP contribution in [0.2, 0.25) is 0 Å². The van der Waals surface area contributed by atoms with E-state index in [-0.39, 0.29) is 22.1 Å². The number of hydrogen-bond acceptors (Lipinski definition) is 3. The third-order valence-corrected chi connectivity index (χ3v) is 3.33. The van der Waals surface area contributed by atoms with E-state index in [4.69, 9.17) is 4.74 Å². The number of pyridine rings is 1. The second-order valence-corrected chi connectivity index (χ2v) is 4.95. The SMILES string of the molecule is COc1ncccc1C(=O)Nc1cc(Br)c(F)cc1C. The van der Waals surface area contributed by atoms with Crippen LogP contribution in [0.25, 0.3) is 0 Å². The average Bonchev–Trinajstić information content (AvgIpc) is 2.44. The molecule has 0 aliphatic heterocycles. The predicted octanol–water partition coefficient (Wildman–Crippen LogP) is 3.55. The Hall–Kier alpha value is -1.95. The number of ether oxygens (including phenoxy) is 1. The minimum atomic E-state index is -0.376. The molecule has 2 aromatic rings. The summed E-state index contributed by atoms with van der Waals surface area (Å²) in [7, 11) is 1.44. The van der Waals surface area contributed by atoms with Crippen molar-refractivity contribution in [2.75, 3.05) is 12.4 Å². The van der Waals surface area contributed by atoms with Crippen LogP contribution in [-0.4, -0.2) is 18.0 Å². The number of carbonyl (C=O) groups excluding carboxylic acids is 1. The van der Waals surface area contributed by atoms with Gasteiger partial charge in [0.05, 0.1) is 11.6 Å². The molecule has 0 saturated heterocycles. The first-order valence-corrected chi connectivity index (χ1v) is 6.58. The van der Waals surface area contributed by atoms with Gasteiger partial charge in [-0.1, -0.05) is 0 Å². The molecule has 2 rings (SSSR count). The van der Waals surface area contributed by atoms with Gasteiger partial charge >= 0.3 is 0 Å². The Labute approximate surface area is 124 Å². The number of amides is 1. The maximum absolute atomic E-state index is 13.3. The van der Waals surface area contributed by atoms with Crippen LogP contribution in [0.15, 0.2) is 34.9 Å². The van der Waals surface area contributed by atoms with Gasteiger partial charge in [-0.25, -0.2) is 9.37 Å². The second kappa shape index (κ2) is 6.00. The van der Waals surface area contributed by atoms with Gasteiger partial charge in [-0.2, -0.15) is 0 Å². The van der Waals surface area contributed by atoms with Crippen molar-refractivity contribution in [2.45, 2.75) is 6.92 Å². The molecular formula is C14H12BrFN2O2. The summed E-state index contributed by atoms with van der Waals surface area (Å²) >= 11 is 3.09. The highest BCUT2D eigenvalue weighted by Gasteiger charge is 2.14. The fourth-order valence-electron chi connectivity index (χ4n) is 1.70. The highest BCUT2D eigenvalue weighted by atomic mass is 79.9. The third-order valence-electron chi connectivity index (χ3n) is 2.72. The molecule has 0 aliphatic carbocycles. The Bertz CT molecular complexity index is 662. The molecule has 104 valence electrons. The smallest absolute Gasteiger partial charge is 0.261 e. The van der Waals surface area contributed by atoms with Crippen LogP contribution < -0.4 is 10.1 Å². The maximum Gasteiger partial charge on any atom is 0.261 e. The number of methoxy groups -OCH3 is 1. The molecular weight excluding hydrogens is 327 g/mol. The summed E-state index contributed by atoms with van der Waals surface area (Å²) in [5, 5.41) is 2.71. The quantitative estimate of drug-likeness (QED) is 0.930. The summed E-state index contributed by atoms with van der Waals surface area (Å²) in [6, 6.07) is 6.12. The molecule has 0 unspecified atom stereocenters. The summed E-state index contributed by atoms with van der Waals surface area (Å²) in [4.78, 5) is 16.2. The van der Waals surface area contributed by atoms with Gasteiger partial charge in [0.15, 0.2) is 0 Å². The van der Waals surface area contributed by atoms with Crippen molar-refractivity contribution in [3.8, 4) is 5.88 Å². The average molecular weight is 339 g/mol. The predicted molar refractivity (Wildman–Crippen MR) is 77.6 cm³/mol. The Balaban J connectivity index is 2.30. The number of aryl methyl sites for hydroxylation is 1. The van der Waals surface area contributed by atoms with Gasteiger partial charge < -0.3 is 10.1 Å². The van der Waals surface area contributed by atoms with Gasteiger partial charge in [0.25, 0.3) is 5.91 Å². The molecule has 1 heterocycles. The van der Waals surface area contributed by atoms with Crippen LogP contribution in [0.5, 0.6) is 5.88 Å². The van der Waals surface area contributed by atoms with E-state index in [2.05, 4.69) is 26.2 Å². The van der Waals surface area contributed by atoms with Gasteiger partial charge in [0.2, 0.25) is 5.88 Å². The largest absolute Gasteiger partial charge is 0.480 e. The van der Waals surface area contributed by atoms with Crippen LogP contribution >= 0.6 is 15.9 Å². The molecule has 0 bridgehead atoms. The van der Waals surface area contributed by atoms with Gasteiger partial charge in [0.1, 0.15) is 11.4 Å². The molecule has 1 N–H and O–H groups in total. The fraction of sp³-hybridized carbons (Fsp3) is 0.143. The first kappa shape index (κ1) is 14.5. The van der Waals surface area contributed by atoms with Crippen molar-refractivity contribution in [2.24, 2.45) is 0 Å². The van der Waals surface area contributed by atoms with Gasteiger partial charge in [0, 0.05) is 11.9 Å². The Morgan fingerprint density at radius 2 is 2.20 bits per heavy atom. The standard InChI is InChI=1S/C14H12BrFN2O2/c1-8-6-11(16)10(15)7-12(8)18-13(19)9-4-3-5-17-14(9)20-2/h3-7H,1-2H3,(H,18,19). The number of anilines is 1. The number of hydrogen-bond donors (Lipinski definition) is 1. The number of rotatable bonds is 3. The molecule has 0 saturated carbocycles. The van der Waals surface area contributed by atoms with Crippen molar-refractivity contribution in [3.05, 3.63) is 51.9 Å². The van der Waals surface area contributed by atoms with Gasteiger partial charge in [-0.15, -0.1) is 0 Å². The number of halogens is 2. The Morgan fingerprint density at radius 1 is 1.45 bits per heavy atom. The fourth-order valence-corrected chi connectivity index (χ4v) is 2.04. The number of benzene rings is 1. The molecule has 0 spiro atoms. The van der Waals surface area contributed by atoms with Crippen molar-refractivity contribution in [1.82, 2.24) is 4.98 Å². The van der Waals surface area contributed by atoms with Crippen molar-refractivity contribution in [1.29, 1.82) is 0 Å². The van der Waals surface area contributed by atoms with Crippen molar-refractivity contribution >= 4 is 27.5 Å². The van der Waals surface area contributed by atoms with Crippen molar-refractivity contribution < 1.29 is 13.9 Å². The third kappa shape index (κ3) is 2.96. The summed E-state index contributed by atoms with van der Waals surface area (Å²) in [6.07, 6.45) is 1.54. The van der Waals surface area contributed by atoms with E-state index in [1.54, 1.807) is 19.1 Å². The molecule has 6 heteroatoms. The minimum Gasteiger partial charge on any atom is -0.480 e. The summed E-state index contributed by atoms with van der Waals surface area (Å²) < 4.78 is 18.7. The van der Waals surface area contributed by atoms with Crippen LogP contribution in [-0.2, 0) is 0 Å². The van der Waals surface area contributed by atoms with E-state index in [9.17, 15) is 9.18 Å². The van der Waals surface area contributed by atoms with E-state index >= 15 is 0 Å². The van der Waals surface area contributed by atoms with Crippen LogP contribution in [0.3, 0.4) is 0 Å². The van der Waals surface area contributed by atoms with Crippen LogP contribution in [0.4, 0.5) is 10.1 Å². The van der Waals surface area contributed by atoms with E-state index in [0.717, 1.165) is 0 Å². The highest BCUT2D eigenvalue weighted by Crippen LogP contribution is 2.25. The lowest BCUT2D eigenvalue weighted by Gasteiger charge is -2.11. The van der Waals surface area contributed by atoms with Gasteiger partial charge in [-0.05, 0) is 52.7 Å². The molecule has 1 aromatic carbocycles. The molecule has 1 amide bonds. The lowest BCUT2D eigenvalue weighted by Crippen LogP contribution is -2.14. The number of nitrogens with zero attached hydrogens (tertiary/aromatic N) is 1. The van der Waals surface area contributed by atoms with Crippen molar-refractivity contribution in [3.63, 3.8) is 0 Å². The minimum absolute atomic E-state index is 0.240. The van der Waals surface area contributed by atoms with E-state index < -0.39 is 0 Å². The van der Waals surface area contributed by atoms with E-state index in [1.807, 2.05) is 0 Å².